The summed E-state index contributed by atoms with van der Waals surface area (Å²) in [5, 5.41) is 1.89. The fourth-order valence-corrected chi connectivity index (χ4v) is 5.21. The van der Waals surface area contributed by atoms with Crippen LogP contribution in [0.5, 0.6) is 0 Å². The first-order chi connectivity index (χ1) is 15.0. The maximum absolute atomic E-state index is 13.5. The number of benzene rings is 2. The minimum absolute atomic E-state index is 0.0106. The number of carbonyl (C=O) groups is 1. The van der Waals surface area contributed by atoms with E-state index in [0.29, 0.717) is 29.9 Å². The molecule has 1 unspecified atom stereocenters. The number of nitrogens with zero attached hydrogens (tertiary/aromatic N) is 4. The number of piperazine rings is 1. The summed E-state index contributed by atoms with van der Waals surface area (Å²) in [4.78, 5) is 26.7. The van der Waals surface area contributed by atoms with Crippen molar-refractivity contribution in [3.8, 4) is 0 Å². The molecule has 1 fully saturated rings. The van der Waals surface area contributed by atoms with Gasteiger partial charge in [-0.1, -0.05) is 12.1 Å². The third kappa shape index (κ3) is 3.79. The van der Waals surface area contributed by atoms with E-state index in [1.165, 1.54) is 16.8 Å². The second-order valence-corrected chi connectivity index (χ2v) is 9.04. The van der Waals surface area contributed by atoms with Crippen molar-refractivity contribution in [3.63, 3.8) is 0 Å². The SMILES string of the molecule is Cc1nc2cc(F)ccc2cc1C(=O)N1CCN(C(C)c2nc3ccccc3s2)CC1. The van der Waals surface area contributed by atoms with Crippen LogP contribution in [0.3, 0.4) is 0 Å². The number of aryl methyl sites for hydroxylation is 1. The lowest BCUT2D eigenvalue weighted by Gasteiger charge is -2.37. The molecule has 0 saturated carbocycles. The first-order valence-electron chi connectivity index (χ1n) is 10.5. The van der Waals surface area contributed by atoms with Crippen LogP contribution in [0.2, 0.25) is 0 Å². The Morgan fingerprint density at radius 1 is 1.03 bits per heavy atom. The smallest absolute Gasteiger partial charge is 0.255 e. The van der Waals surface area contributed by atoms with Gasteiger partial charge in [0.2, 0.25) is 0 Å². The molecule has 3 heterocycles. The van der Waals surface area contributed by atoms with Crippen LogP contribution in [0.1, 0.15) is 34.0 Å². The zero-order valence-corrected chi connectivity index (χ0v) is 18.3. The number of thiazole rings is 1. The van der Waals surface area contributed by atoms with Crippen LogP contribution in [0.25, 0.3) is 21.1 Å². The second-order valence-electron chi connectivity index (χ2n) is 7.98. The van der Waals surface area contributed by atoms with E-state index in [0.717, 1.165) is 29.0 Å². The van der Waals surface area contributed by atoms with E-state index in [-0.39, 0.29) is 17.8 Å². The summed E-state index contributed by atoms with van der Waals surface area (Å²) in [6.07, 6.45) is 0. The number of hydrogen-bond donors (Lipinski definition) is 0. The van der Waals surface area contributed by atoms with Gasteiger partial charge in [-0.15, -0.1) is 11.3 Å². The van der Waals surface area contributed by atoms with Crippen LogP contribution >= 0.6 is 11.3 Å². The summed E-state index contributed by atoms with van der Waals surface area (Å²) in [5.41, 5.74) is 2.84. The quantitative estimate of drug-likeness (QED) is 0.464. The topological polar surface area (TPSA) is 49.3 Å². The van der Waals surface area contributed by atoms with Gasteiger partial charge in [-0.25, -0.2) is 9.37 Å². The van der Waals surface area contributed by atoms with Crippen LogP contribution in [-0.4, -0.2) is 51.9 Å². The maximum atomic E-state index is 13.5. The van der Waals surface area contributed by atoms with Crippen LogP contribution in [0.4, 0.5) is 4.39 Å². The van der Waals surface area contributed by atoms with Gasteiger partial charge in [0.25, 0.3) is 5.91 Å². The van der Waals surface area contributed by atoms with Gasteiger partial charge in [0.05, 0.1) is 33.0 Å². The summed E-state index contributed by atoms with van der Waals surface area (Å²) in [5.74, 6) is -0.333. The fourth-order valence-electron chi connectivity index (χ4n) is 4.16. The summed E-state index contributed by atoms with van der Waals surface area (Å²) >= 11 is 1.74. The lowest BCUT2D eigenvalue weighted by molar-refractivity contribution is 0.0581. The number of aromatic nitrogens is 2. The van der Waals surface area contributed by atoms with E-state index in [1.807, 2.05) is 36.1 Å². The van der Waals surface area contributed by atoms with Gasteiger partial charge in [-0.05, 0) is 44.2 Å². The predicted molar refractivity (Wildman–Crippen MR) is 122 cm³/mol. The zero-order valence-electron chi connectivity index (χ0n) is 17.5. The summed E-state index contributed by atoms with van der Waals surface area (Å²) in [7, 11) is 0. The van der Waals surface area contributed by atoms with Crippen LogP contribution < -0.4 is 0 Å². The van der Waals surface area contributed by atoms with Gasteiger partial charge < -0.3 is 4.90 Å². The molecule has 7 heteroatoms. The van der Waals surface area contributed by atoms with Crippen molar-refractivity contribution in [2.45, 2.75) is 19.9 Å². The Hall–Kier alpha value is -2.90. The Labute approximate surface area is 184 Å². The predicted octanol–water partition coefficient (Wildman–Crippen LogP) is 4.81. The van der Waals surface area contributed by atoms with Crippen molar-refractivity contribution in [2.24, 2.45) is 0 Å². The highest BCUT2D eigenvalue weighted by atomic mass is 32.1. The molecule has 1 aliphatic heterocycles. The third-order valence-electron chi connectivity index (χ3n) is 6.02. The molecule has 1 saturated heterocycles. The Morgan fingerprint density at radius 2 is 1.81 bits per heavy atom. The molecule has 0 aliphatic carbocycles. The molecule has 4 aromatic rings. The second kappa shape index (κ2) is 7.98. The van der Waals surface area contributed by atoms with E-state index in [1.54, 1.807) is 17.4 Å². The van der Waals surface area contributed by atoms with E-state index in [9.17, 15) is 9.18 Å². The van der Waals surface area contributed by atoms with Gasteiger partial charge in [0.1, 0.15) is 10.8 Å². The van der Waals surface area contributed by atoms with Gasteiger partial charge >= 0.3 is 0 Å². The molecule has 5 nitrogen and oxygen atoms in total. The maximum Gasteiger partial charge on any atom is 0.255 e. The summed E-state index contributed by atoms with van der Waals surface area (Å²) in [6, 6.07) is 14.7. The van der Waals surface area contributed by atoms with Crippen molar-refractivity contribution in [1.82, 2.24) is 19.8 Å². The Bertz CT molecular complexity index is 1250. The first kappa shape index (κ1) is 20.0. The standard InChI is InChI=1S/C24H23FN4OS/c1-15-19(13-17-7-8-18(25)14-21(17)26-15)24(30)29-11-9-28(10-12-29)16(2)23-27-20-5-3-4-6-22(20)31-23/h3-8,13-14,16H,9-12H2,1-2H3. The van der Waals surface area contributed by atoms with Crippen molar-refractivity contribution in [2.75, 3.05) is 26.2 Å². The van der Waals surface area contributed by atoms with E-state index in [2.05, 4.69) is 22.9 Å². The zero-order chi connectivity index (χ0) is 21.5. The van der Waals surface area contributed by atoms with E-state index < -0.39 is 0 Å². The molecule has 0 bridgehead atoms. The van der Waals surface area contributed by atoms with Crippen LogP contribution in [0.15, 0.2) is 48.5 Å². The van der Waals surface area contributed by atoms with Crippen molar-refractivity contribution in [1.29, 1.82) is 0 Å². The number of para-hydroxylation sites is 1. The molecule has 0 N–H and O–H groups in total. The molecule has 1 aliphatic rings. The van der Waals surface area contributed by atoms with E-state index >= 15 is 0 Å². The number of halogens is 1. The Balaban J connectivity index is 1.29. The summed E-state index contributed by atoms with van der Waals surface area (Å²) in [6.45, 7) is 6.92. The highest BCUT2D eigenvalue weighted by molar-refractivity contribution is 7.18. The fraction of sp³-hybridized carbons (Fsp3) is 0.292. The number of amides is 1. The van der Waals surface area contributed by atoms with Gasteiger partial charge in [-0.3, -0.25) is 14.7 Å². The number of carbonyl (C=O) groups excluding carboxylic acids is 1. The van der Waals surface area contributed by atoms with Gasteiger partial charge in [0, 0.05) is 37.6 Å². The molecule has 1 amide bonds. The minimum Gasteiger partial charge on any atom is -0.336 e. The third-order valence-corrected chi connectivity index (χ3v) is 7.22. The lowest BCUT2D eigenvalue weighted by Crippen LogP contribution is -2.49. The molecule has 1 atom stereocenters. The average molecular weight is 435 g/mol. The molecule has 2 aromatic carbocycles. The number of pyridine rings is 1. The highest BCUT2D eigenvalue weighted by Gasteiger charge is 2.27. The average Bonchev–Trinajstić information content (AvgIpc) is 3.22. The number of fused-ring (bicyclic) bond motifs is 2. The Kier molecular flexibility index (Phi) is 5.16. The number of rotatable bonds is 3. The monoisotopic (exact) mass is 434 g/mol. The molecule has 5 rings (SSSR count). The molecule has 0 spiro atoms. The largest absolute Gasteiger partial charge is 0.336 e. The molecule has 0 radical (unpaired) electrons. The van der Waals surface area contributed by atoms with Crippen LogP contribution in [0, 0.1) is 12.7 Å². The molecular formula is C24H23FN4OS. The Morgan fingerprint density at radius 3 is 2.58 bits per heavy atom. The molecular weight excluding hydrogens is 411 g/mol. The van der Waals surface area contributed by atoms with Gasteiger partial charge in [0.15, 0.2) is 0 Å². The normalized spacial score (nSPS) is 16.2. The first-order valence-corrected chi connectivity index (χ1v) is 11.3. The van der Waals surface area contributed by atoms with Crippen molar-refractivity contribution >= 4 is 38.4 Å². The molecule has 31 heavy (non-hydrogen) atoms. The van der Waals surface area contributed by atoms with Crippen molar-refractivity contribution in [3.05, 3.63) is 70.6 Å². The summed E-state index contributed by atoms with van der Waals surface area (Å²) < 4.78 is 14.7. The molecule has 158 valence electrons. The van der Waals surface area contributed by atoms with E-state index in [4.69, 9.17) is 4.98 Å². The number of hydrogen-bond acceptors (Lipinski definition) is 5. The minimum atomic E-state index is -0.322. The van der Waals surface area contributed by atoms with Crippen molar-refractivity contribution < 1.29 is 9.18 Å². The lowest BCUT2D eigenvalue weighted by atomic mass is 10.1. The highest BCUT2D eigenvalue weighted by Crippen LogP contribution is 2.30. The van der Waals surface area contributed by atoms with Gasteiger partial charge in [-0.2, -0.15) is 0 Å². The van der Waals surface area contributed by atoms with Crippen LogP contribution in [-0.2, 0) is 0 Å². The molecule has 2 aromatic heterocycles.